The van der Waals surface area contributed by atoms with Crippen molar-refractivity contribution in [2.75, 3.05) is 6.54 Å². The largest absolute Gasteiger partial charge is 0.353 e. The monoisotopic (exact) mass is 200 g/mol. The summed E-state index contributed by atoms with van der Waals surface area (Å²) in [5.41, 5.74) is 0.405. The standard InChI is InChI=1S/C11H21NO.H3N/c1-5-10(13)12-9-7-6-8-11(2,3)4;/h5H,1,6-9H2,2-4H3,(H,12,13);1H3. The number of rotatable bonds is 5. The molecule has 0 aromatic heterocycles. The highest BCUT2D eigenvalue weighted by Gasteiger charge is 2.08. The Hall–Kier alpha value is -0.830. The van der Waals surface area contributed by atoms with Crippen molar-refractivity contribution in [3.8, 4) is 0 Å². The molecule has 84 valence electrons. The third kappa shape index (κ3) is 11.2. The fourth-order valence-corrected chi connectivity index (χ4v) is 1.06. The summed E-state index contributed by atoms with van der Waals surface area (Å²) in [6, 6.07) is 0. The van der Waals surface area contributed by atoms with E-state index in [4.69, 9.17) is 0 Å². The topological polar surface area (TPSA) is 64.1 Å². The van der Waals surface area contributed by atoms with Crippen LogP contribution in [-0.4, -0.2) is 12.5 Å². The summed E-state index contributed by atoms with van der Waals surface area (Å²) >= 11 is 0. The Balaban J connectivity index is 0. The van der Waals surface area contributed by atoms with Crippen molar-refractivity contribution in [2.45, 2.75) is 40.0 Å². The number of hydrogen-bond acceptors (Lipinski definition) is 2. The number of nitrogens with one attached hydrogen (secondary N) is 1. The summed E-state index contributed by atoms with van der Waals surface area (Å²) in [5, 5.41) is 2.76. The van der Waals surface area contributed by atoms with E-state index in [0.717, 1.165) is 13.0 Å². The molecule has 0 aromatic rings. The van der Waals surface area contributed by atoms with Crippen LogP contribution in [0.5, 0.6) is 0 Å². The molecule has 0 spiro atoms. The van der Waals surface area contributed by atoms with Gasteiger partial charge in [-0.2, -0.15) is 0 Å². The molecule has 0 aromatic carbocycles. The van der Waals surface area contributed by atoms with Gasteiger partial charge in [-0.25, -0.2) is 0 Å². The molecule has 0 rings (SSSR count). The summed E-state index contributed by atoms with van der Waals surface area (Å²) < 4.78 is 0. The molecule has 3 heteroatoms. The number of carbonyl (C=O) groups is 1. The van der Waals surface area contributed by atoms with Gasteiger partial charge in [0.1, 0.15) is 0 Å². The van der Waals surface area contributed by atoms with Crippen LogP contribution in [0.2, 0.25) is 0 Å². The average Bonchev–Trinajstić information content (AvgIpc) is 2.01. The fourth-order valence-electron chi connectivity index (χ4n) is 1.06. The molecule has 1 amide bonds. The first-order valence-corrected chi connectivity index (χ1v) is 4.86. The van der Waals surface area contributed by atoms with Crippen molar-refractivity contribution in [3.05, 3.63) is 12.7 Å². The molecule has 0 heterocycles. The maximum Gasteiger partial charge on any atom is 0.243 e. The third-order valence-electron chi connectivity index (χ3n) is 1.84. The van der Waals surface area contributed by atoms with Crippen molar-refractivity contribution in [3.63, 3.8) is 0 Å². The zero-order valence-electron chi connectivity index (χ0n) is 9.73. The highest BCUT2D eigenvalue weighted by molar-refractivity contribution is 5.86. The van der Waals surface area contributed by atoms with Crippen molar-refractivity contribution < 1.29 is 4.79 Å². The zero-order chi connectivity index (χ0) is 10.3. The molecule has 0 saturated carbocycles. The van der Waals surface area contributed by atoms with Crippen LogP contribution in [0.25, 0.3) is 0 Å². The van der Waals surface area contributed by atoms with Crippen molar-refractivity contribution in [1.29, 1.82) is 0 Å². The summed E-state index contributed by atoms with van der Waals surface area (Å²) in [6.45, 7) is 10.8. The van der Waals surface area contributed by atoms with Crippen molar-refractivity contribution in [2.24, 2.45) is 5.41 Å². The summed E-state index contributed by atoms with van der Waals surface area (Å²) in [4.78, 5) is 10.7. The van der Waals surface area contributed by atoms with E-state index < -0.39 is 0 Å². The van der Waals surface area contributed by atoms with E-state index in [1.165, 1.54) is 18.9 Å². The molecule has 0 fully saturated rings. The van der Waals surface area contributed by atoms with Gasteiger partial charge in [0.15, 0.2) is 0 Å². The minimum Gasteiger partial charge on any atom is -0.353 e. The molecule has 14 heavy (non-hydrogen) atoms. The molecule has 3 nitrogen and oxygen atoms in total. The van der Waals surface area contributed by atoms with Crippen LogP contribution in [0, 0.1) is 5.41 Å². The van der Waals surface area contributed by atoms with E-state index in [2.05, 4.69) is 32.7 Å². The molecule has 0 aliphatic heterocycles. The van der Waals surface area contributed by atoms with Crippen LogP contribution in [-0.2, 0) is 4.79 Å². The fraction of sp³-hybridized carbons (Fsp3) is 0.727. The Bertz CT molecular complexity index is 171. The van der Waals surface area contributed by atoms with Crippen molar-refractivity contribution in [1.82, 2.24) is 11.5 Å². The molecular formula is C11H24N2O. The molecule has 0 radical (unpaired) electrons. The Kier molecular flexibility index (Phi) is 8.44. The van der Waals surface area contributed by atoms with Gasteiger partial charge >= 0.3 is 0 Å². The SMILES string of the molecule is C=CC(=O)NCCCCC(C)(C)C.N. The second-order valence-electron chi connectivity index (χ2n) is 4.51. The van der Waals surface area contributed by atoms with Gasteiger partial charge in [-0.3, -0.25) is 4.79 Å². The van der Waals surface area contributed by atoms with Gasteiger partial charge in [-0.05, 0) is 24.3 Å². The number of unbranched alkanes of at least 4 members (excludes halogenated alkanes) is 1. The Morgan fingerprint density at radius 3 is 2.36 bits per heavy atom. The Morgan fingerprint density at radius 2 is 1.93 bits per heavy atom. The molecular weight excluding hydrogens is 176 g/mol. The second kappa shape index (κ2) is 7.56. The smallest absolute Gasteiger partial charge is 0.243 e. The lowest BCUT2D eigenvalue weighted by Gasteiger charge is -2.17. The average molecular weight is 200 g/mol. The van der Waals surface area contributed by atoms with Gasteiger partial charge < -0.3 is 11.5 Å². The molecule has 0 atom stereocenters. The highest BCUT2D eigenvalue weighted by Crippen LogP contribution is 2.20. The Labute approximate surface area is 87.5 Å². The number of hydrogen-bond donors (Lipinski definition) is 2. The lowest BCUT2D eigenvalue weighted by molar-refractivity contribution is -0.116. The van der Waals surface area contributed by atoms with Gasteiger partial charge in [0.05, 0.1) is 0 Å². The van der Waals surface area contributed by atoms with E-state index in [1.54, 1.807) is 0 Å². The molecule has 0 aliphatic rings. The molecule has 0 aliphatic carbocycles. The number of carbonyl (C=O) groups excluding carboxylic acids is 1. The normalized spacial score (nSPS) is 10.2. The van der Waals surface area contributed by atoms with Crippen molar-refractivity contribution >= 4 is 5.91 Å². The first kappa shape index (κ1) is 15.6. The minimum absolute atomic E-state index is 0. The molecule has 0 saturated heterocycles. The summed E-state index contributed by atoms with van der Waals surface area (Å²) in [5.74, 6) is -0.0734. The third-order valence-corrected chi connectivity index (χ3v) is 1.84. The lowest BCUT2D eigenvalue weighted by atomic mass is 9.90. The predicted molar refractivity (Wildman–Crippen MR) is 61.5 cm³/mol. The maximum atomic E-state index is 10.7. The molecule has 0 unspecified atom stereocenters. The van der Waals surface area contributed by atoms with Gasteiger partial charge in [-0.15, -0.1) is 0 Å². The van der Waals surface area contributed by atoms with Crippen LogP contribution in [0.1, 0.15) is 40.0 Å². The molecule has 4 N–H and O–H groups in total. The zero-order valence-corrected chi connectivity index (χ0v) is 9.73. The Morgan fingerprint density at radius 1 is 1.36 bits per heavy atom. The summed E-state index contributed by atoms with van der Waals surface area (Å²) in [7, 11) is 0. The number of amides is 1. The van der Waals surface area contributed by atoms with E-state index in [1.807, 2.05) is 0 Å². The van der Waals surface area contributed by atoms with E-state index in [0.29, 0.717) is 5.41 Å². The van der Waals surface area contributed by atoms with Gasteiger partial charge in [0.2, 0.25) is 5.91 Å². The highest BCUT2D eigenvalue weighted by atomic mass is 16.1. The van der Waals surface area contributed by atoms with Gasteiger partial charge in [0, 0.05) is 6.54 Å². The predicted octanol–water partition coefficient (Wildman–Crippen LogP) is 2.67. The quantitative estimate of drug-likeness (QED) is 0.529. The molecule has 0 bridgehead atoms. The van der Waals surface area contributed by atoms with Gasteiger partial charge in [-0.1, -0.05) is 33.8 Å². The van der Waals surface area contributed by atoms with Crippen LogP contribution in [0.3, 0.4) is 0 Å². The second-order valence-corrected chi connectivity index (χ2v) is 4.51. The van der Waals surface area contributed by atoms with Crippen LogP contribution in [0.4, 0.5) is 0 Å². The summed E-state index contributed by atoms with van der Waals surface area (Å²) in [6.07, 6.45) is 4.73. The van der Waals surface area contributed by atoms with Crippen LogP contribution in [0.15, 0.2) is 12.7 Å². The van der Waals surface area contributed by atoms with Crippen LogP contribution < -0.4 is 11.5 Å². The van der Waals surface area contributed by atoms with Gasteiger partial charge in [0.25, 0.3) is 0 Å². The first-order chi connectivity index (χ1) is 5.95. The maximum absolute atomic E-state index is 10.7. The van der Waals surface area contributed by atoms with E-state index in [-0.39, 0.29) is 12.1 Å². The lowest BCUT2D eigenvalue weighted by Crippen LogP contribution is -2.22. The first-order valence-electron chi connectivity index (χ1n) is 4.86. The minimum atomic E-state index is -0.0734. The van der Waals surface area contributed by atoms with Crippen LogP contribution >= 0.6 is 0 Å². The van der Waals surface area contributed by atoms with E-state index >= 15 is 0 Å². The van der Waals surface area contributed by atoms with E-state index in [9.17, 15) is 4.79 Å².